The lowest BCUT2D eigenvalue weighted by Crippen LogP contribution is -2.43. The van der Waals surface area contributed by atoms with Gasteiger partial charge in [-0.3, -0.25) is 4.99 Å². The molecule has 0 aliphatic carbocycles. The van der Waals surface area contributed by atoms with Gasteiger partial charge in [-0.05, 0) is 31.0 Å². The van der Waals surface area contributed by atoms with E-state index in [1.165, 1.54) is 22.2 Å². The van der Waals surface area contributed by atoms with Gasteiger partial charge >= 0.3 is 0 Å². The Kier molecular flexibility index (Phi) is 4.62. The molecule has 1 aromatic heterocycles. The van der Waals surface area contributed by atoms with E-state index in [1.807, 2.05) is 6.08 Å². The van der Waals surface area contributed by atoms with Gasteiger partial charge in [0.25, 0.3) is 0 Å². The van der Waals surface area contributed by atoms with Gasteiger partial charge in [-0.25, -0.2) is 0 Å². The third-order valence-corrected chi connectivity index (χ3v) is 5.00. The molecule has 1 aromatic carbocycles. The number of hydrogen-bond acceptors (Lipinski definition) is 3. The van der Waals surface area contributed by atoms with Crippen LogP contribution in [-0.2, 0) is 13.5 Å². The lowest BCUT2D eigenvalue weighted by molar-refractivity contribution is 0.430. The standard InChI is InChI=1S/C19H27N5/c1-4-7-14(20)16(19(21)22-2)17-18-13(10-11-23-17)12-8-5-6-9-15(12)24(18)3/h5-9,16-17,23H,4,10-11,20H2,1-3H3,(H2,21,22)/b14-7+. The molecule has 2 unspecified atom stereocenters. The minimum absolute atomic E-state index is 0.0395. The van der Waals surface area contributed by atoms with Gasteiger partial charge < -0.3 is 21.4 Å². The largest absolute Gasteiger partial charge is 0.402 e. The fourth-order valence-electron chi connectivity index (χ4n) is 3.91. The highest BCUT2D eigenvalue weighted by molar-refractivity contribution is 5.89. The number of allylic oxidation sites excluding steroid dienone is 1. The number of fused-ring (bicyclic) bond motifs is 3. The highest BCUT2D eigenvalue weighted by atomic mass is 15.1. The van der Waals surface area contributed by atoms with Gasteiger partial charge in [0, 0.05) is 36.4 Å². The molecule has 0 radical (unpaired) electrons. The molecular weight excluding hydrogens is 298 g/mol. The van der Waals surface area contributed by atoms with Crippen molar-refractivity contribution in [3.05, 3.63) is 47.3 Å². The predicted octanol–water partition coefficient (Wildman–Crippen LogP) is 2.22. The minimum atomic E-state index is -0.128. The molecule has 3 rings (SSSR count). The van der Waals surface area contributed by atoms with E-state index >= 15 is 0 Å². The maximum absolute atomic E-state index is 6.39. The van der Waals surface area contributed by atoms with Gasteiger partial charge in [0.05, 0.1) is 12.0 Å². The van der Waals surface area contributed by atoms with Gasteiger partial charge in [-0.15, -0.1) is 0 Å². The lowest BCUT2D eigenvalue weighted by Gasteiger charge is -2.33. The minimum Gasteiger partial charge on any atom is -0.402 e. The zero-order chi connectivity index (χ0) is 17.3. The monoisotopic (exact) mass is 325 g/mol. The van der Waals surface area contributed by atoms with Gasteiger partial charge in [0.2, 0.25) is 0 Å². The SMILES string of the molecule is CC/C=C(/N)C(C(N)=NC)C1NCCc2c1n(C)c1ccccc21. The third kappa shape index (κ3) is 2.59. The second kappa shape index (κ2) is 6.69. The van der Waals surface area contributed by atoms with Crippen molar-refractivity contribution >= 4 is 16.7 Å². The maximum atomic E-state index is 6.39. The van der Waals surface area contributed by atoms with E-state index in [-0.39, 0.29) is 12.0 Å². The molecular formula is C19H27N5. The Bertz CT molecular complexity index is 799. The third-order valence-electron chi connectivity index (χ3n) is 5.00. The average molecular weight is 325 g/mol. The fourth-order valence-corrected chi connectivity index (χ4v) is 3.91. The van der Waals surface area contributed by atoms with Crippen molar-refractivity contribution in [3.8, 4) is 0 Å². The molecule has 0 bridgehead atoms. The molecule has 2 heterocycles. The molecule has 2 atom stereocenters. The predicted molar refractivity (Wildman–Crippen MR) is 101 cm³/mol. The average Bonchev–Trinajstić information content (AvgIpc) is 2.89. The van der Waals surface area contributed by atoms with Gasteiger partial charge in [0.1, 0.15) is 5.84 Å². The first-order chi connectivity index (χ1) is 11.6. The summed E-state index contributed by atoms with van der Waals surface area (Å²) in [4.78, 5) is 4.25. The van der Waals surface area contributed by atoms with Crippen molar-refractivity contribution in [2.45, 2.75) is 25.8 Å². The molecule has 0 saturated carbocycles. The topological polar surface area (TPSA) is 81.4 Å². The number of benzene rings is 1. The quantitative estimate of drug-likeness (QED) is 0.595. The van der Waals surface area contributed by atoms with E-state index in [2.05, 4.69) is 53.1 Å². The first kappa shape index (κ1) is 16.6. The number of aliphatic imine (C=N–C) groups is 1. The summed E-state index contributed by atoms with van der Waals surface area (Å²) in [5, 5.41) is 4.95. The van der Waals surface area contributed by atoms with Crippen LogP contribution in [-0.4, -0.2) is 24.0 Å². The molecule has 5 heteroatoms. The molecule has 5 N–H and O–H groups in total. The van der Waals surface area contributed by atoms with E-state index in [4.69, 9.17) is 11.5 Å². The van der Waals surface area contributed by atoms with Crippen LogP contribution in [0.3, 0.4) is 0 Å². The first-order valence-electron chi connectivity index (χ1n) is 8.57. The summed E-state index contributed by atoms with van der Waals surface area (Å²) in [5.74, 6) is 0.449. The van der Waals surface area contributed by atoms with Crippen LogP contribution < -0.4 is 16.8 Å². The number of aromatic nitrogens is 1. The summed E-state index contributed by atoms with van der Waals surface area (Å²) >= 11 is 0. The Hall–Kier alpha value is -2.27. The summed E-state index contributed by atoms with van der Waals surface area (Å²) in [5.41, 5.74) is 17.4. The number of para-hydroxylation sites is 1. The van der Waals surface area contributed by atoms with Crippen molar-refractivity contribution in [2.24, 2.45) is 29.4 Å². The Balaban J connectivity index is 2.19. The van der Waals surface area contributed by atoms with Crippen molar-refractivity contribution < 1.29 is 0 Å². The maximum Gasteiger partial charge on any atom is 0.104 e. The van der Waals surface area contributed by atoms with Crippen LogP contribution in [0.1, 0.15) is 30.6 Å². The van der Waals surface area contributed by atoms with Crippen LogP contribution in [0.2, 0.25) is 0 Å². The molecule has 1 aliphatic rings. The number of nitrogens with one attached hydrogen (secondary N) is 1. The number of nitrogens with zero attached hydrogens (tertiary/aromatic N) is 2. The zero-order valence-electron chi connectivity index (χ0n) is 14.7. The van der Waals surface area contributed by atoms with E-state index in [0.717, 1.165) is 25.1 Å². The number of nitrogens with two attached hydrogens (primary N) is 2. The Morgan fingerprint density at radius 3 is 2.88 bits per heavy atom. The molecule has 2 aromatic rings. The van der Waals surface area contributed by atoms with Crippen molar-refractivity contribution in [3.63, 3.8) is 0 Å². The summed E-state index contributed by atoms with van der Waals surface area (Å²) in [6, 6.07) is 8.60. The van der Waals surface area contributed by atoms with Crippen LogP contribution in [0.15, 0.2) is 41.0 Å². The molecule has 0 fully saturated rings. The number of amidine groups is 1. The zero-order valence-corrected chi connectivity index (χ0v) is 14.7. The highest BCUT2D eigenvalue weighted by Crippen LogP contribution is 2.37. The molecule has 24 heavy (non-hydrogen) atoms. The number of hydrogen-bond donors (Lipinski definition) is 3. The van der Waals surface area contributed by atoms with Gasteiger partial charge in [-0.1, -0.05) is 31.2 Å². The fraction of sp³-hybridized carbons (Fsp3) is 0.421. The summed E-state index contributed by atoms with van der Waals surface area (Å²) in [6.07, 6.45) is 3.94. The van der Waals surface area contributed by atoms with Crippen LogP contribution >= 0.6 is 0 Å². The van der Waals surface area contributed by atoms with Gasteiger partial charge in [-0.2, -0.15) is 0 Å². The summed E-state index contributed by atoms with van der Waals surface area (Å²) < 4.78 is 2.27. The van der Waals surface area contributed by atoms with E-state index < -0.39 is 0 Å². The molecule has 0 saturated heterocycles. The van der Waals surface area contributed by atoms with Crippen molar-refractivity contribution in [1.82, 2.24) is 9.88 Å². The Morgan fingerprint density at radius 1 is 1.42 bits per heavy atom. The van der Waals surface area contributed by atoms with E-state index in [1.54, 1.807) is 7.05 Å². The van der Waals surface area contributed by atoms with Gasteiger partial charge in [0.15, 0.2) is 0 Å². The van der Waals surface area contributed by atoms with Crippen LogP contribution in [0.4, 0.5) is 0 Å². The lowest BCUT2D eigenvalue weighted by atomic mass is 9.86. The Morgan fingerprint density at radius 2 is 2.17 bits per heavy atom. The van der Waals surface area contributed by atoms with Crippen LogP contribution in [0.5, 0.6) is 0 Å². The van der Waals surface area contributed by atoms with E-state index in [0.29, 0.717) is 5.84 Å². The van der Waals surface area contributed by atoms with Crippen LogP contribution in [0, 0.1) is 5.92 Å². The number of aryl methyl sites for hydroxylation is 1. The smallest absolute Gasteiger partial charge is 0.104 e. The molecule has 128 valence electrons. The Labute approximate surface area is 143 Å². The second-order valence-electron chi connectivity index (χ2n) is 6.36. The molecule has 1 aliphatic heterocycles. The summed E-state index contributed by atoms with van der Waals surface area (Å²) in [7, 11) is 3.85. The molecule has 5 nitrogen and oxygen atoms in total. The highest BCUT2D eigenvalue weighted by Gasteiger charge is 2.35. The molecule has 0 amide bonds. The van der Waals surface area contributed by atoms with E-state index in [9.17, 15) is 0 Å². The first-order valence-corrected chi connectivity index (χ1v) is 8.57. The number of rotatable bonds is 4. The van der Waals surface area contributed by atoms with Crippen molar-refractivity contribution in [2.75, 3.05) is 13.6 Å². The normalized spacial score (nSPS) is 20.2. The van der Waals surface area contributed by atoms with Crippen LogP contribution in [0.25, 0.3) is 10.9 Å². The molecule has 0 spiro atoms. The second-order valence-corrected chi connectivity index (χ2v) is 6.36. The summed E-state index contributed by atoms with van der Waals surface area (Å²) in [6.45, 7) is 3.00. The van der Waals surface area contributed by atoms with Crippen molar-refractivity contribution in [1.29, 1.82) is 0 Å².